The average Bonchev–Trinajstić information content (AvgIpc) is 2.25. The lowest BCUT2D eigenvalue weighted by Gasteiger charge is -2.26. The molecule has 0 aromatic carbocycles. The van der Waals surface area contributed by atoms with Crippen molar-refractivity contribution in [1.82, 2.24) is 4.90 Å². The second-order valence-electron chi connectivity index (χ2n) is 4.79. The highest BCUT2D eigenvalue weighted by molar-refractivity contribution is 5.01. The fourth-order valence-electron chi connectivity index (χ4n) is 1.93. The van der Waals surface area contributed by atoms with E-state index < -0.39 is 0 Å². The SMILES string of the molecule is C=C(C)CCCC=C(C)CN1CCOCC1. The normalized spacial score (nSPS) is 18.8. The Labute approximate surface area is 100.0 Å². The summed E-state index contributed by atoms with van der Waals surface area (Å²) >= 11 is 0. The number of ether oxygens (including phenoxy) is 1. The van der Waals surface area contributed by atoms with E-state index in [1.54, 1.807) is 0 Å². The predicted octanol–water partition coefficient (Wildman–Crippen LogP) is 3.01. The fraction of sp³-hybridized carbons (Fsp3) is 0.714. The molecule has 92 valence electrons. The van der Waals surface area contributed by atoms with Crippen molar-refractivity contribution in [3.63, 3.8) is 0 Å². The van der Waals surface area contributed by atoms with E-state index in [0.29, 0.717) is 0 Å². The van der Waals surface area contributed by atoms with Gasteiger partial charge in [0.15, 0.2) is 0 Å². The monoisotopic (exact) mass is 223 g/mol. The van der Waals surface area contributed by atoms with Gasteiger partial charge in [0, 0.05) is 19.6 Å². The molecule has 0 spiro atoms. The molecule has 0 aromatic rings. The molecule has 0 bridgehead atoms. The van der Waals surface area contributed by atoms with Crippen molar-refractivity contribution in [3.8, 4) is 0 Å². The van der Waals surface area contributed by atoms with Crippen LogP contribution in [0.15, 0.2) is 23.8 Å². The molecule has 0 atom stereocenters. The minimum absolute atomic E-state index is 0.892. The van der Waals surface area contributed by atoms with Crippen molar-refractivity contribution in [2.24, 2.45) is 0 Å². The van der Waals surface area contributed by atoms with E-state index in [2.05, 4.69) is 31.4 Å². The van der Waals surface area contributed by atoms with Crippen LogP contribution in [0.4, 0.5) is 0 Å². The summed E-state index contributed by atoms with van der Waals surface area (Å²) in [4.78, 5) is 2.47. The molecule has 0 radical (unpaired) electrons. The Morgan fingerprint density at radius 3 is 2.62 bits per heavy atom. The molecule has 2 heteroatoms. The van der Waals surface area contributed by atoms with Crippen molar-refractivity contribution in [3.05, 3.63) is 23.8 Å². The van der Waals surface area contributed by atoms with E-state index >= 15 is 0 Å². The van der Waals surface area contributed by atoms with Crippen molar-refractivity contribution in [1.29, 1.82) is 0 Å². The molecule has 1 heterocycles. The van der Waals surface area contributed by atoms with Crippen LogP contribution in [-0.4, -0.2) is 37.7 Å². The number of hydrogen-bond donors (Lipinski definition) is 0. The Kier molecular flexibility index (Phi) is 6.43. The molecule has 0 aliphatic carbocycles. The van der Waals surface area contributed by atoms with E-state index in [4.69, 9.17) is 4.74 Å². The summed E-state index contributed by atoms with van der Waals surface area (Å²) in [7, 11) is 0. The van der Waals surface area contributed by atoms with Crippen LogP contribution in [0, 0.1) is 0 Å². The molecule has 1 saturated heterocycles. The molecular formula is C14H25NO. The van der Waals surface area contributed by atoms with E-state index in [1.165, 1.54) is 24.0 Å². The first-order valence-electron chi connectivity index (χ1n) is 6.28. The molecule has 2 nitrogen and oxygen atoms in total. The van der Waals surface area contributed by atoms with E-state index in [1.807, 2.05) is 0 Å². The molecular weight excluding hydrogens is 198 g/mol. The fourth-order valence-corrected chi connectivity index (χ4v) is 1.93. The van der Waals surface area contributed by atoms with Gasteiger partial charge < -0.3 is 4.74 Å². The summed E-state index contributed by atoms with van der Waals surface area (Å²) in [5, 5.41) is 0. The first kappa shape index (κ1) is 13.5. The molecule has 0 unspecified atom stereocenters. The second kappa shape index (κ2) is 7.64. The summed E-state index contributed by atoms with van der Waals surface area (Å²) in [6.45, 7) is 13.3. The number of allylic oxidation sites excluding steroid dienone is 2. The molecule has 0 amide bonds. The lowest BCUT2D eigenvalue weighted by Crippen LogP contribution is -2.37. The van der Waals surface area contributed by atoms with Crippen LogP contribution in [-0.2, 0) is 4.74 Å². The number of nitrogens with zero attached hydrogens (tertiary/aromatic N) is 1. The zero-order valence-electron chi connectivity index (χ0n) is 10.8. The van der Waals surface area contributed by atoms with Gasteiger partial charge in [0.2, 0.25) is 0 Å². The molecule has 0 aromatic heterocycles. The summed E-state index contributed by atoms with van der Waals surface area (Å²) in [5.41, 5.74) is 2.78. The summed E-state index contributed by atoms with van der Waals surface area (Å²) in [6.07, 6.45) is 5.94. The Morgan fingerprint density at radius 2 is 2.00 bits per heavy atom. The highest BCUT2D eigenvalue weighted by Crippen LogP contribution is 2.08. The van der Waals surface area contributed by atoms with Crippen molar-refractivity contribution in [2.75, 3.05) is 32.8 Å². The average molecular weight is 223 g/mol. The maximum Gasteiger partial charge on any atom is 0.0594 e. The third kappa shape index (κ3) is 6.09. The topological polar surface area (TPSA) is 12.5 Å². The largest absolute Gasteiger partial charge is 0.379 e. The summed E-state index contributed by atoms with van der Waals surface area (Å²) < 4.78 is 5.34. The zero-order valence-corrected chi connectivity index (χ0v) is 10.8. The maximum atomic E-state index is 5.34. The van der Waals surface area contributed by atoms with E-state index in [9.17, 15) is 0 Å². The highest BCUT2D eigenvalue weighted by Gasteiger charge is 2.09. The predicted molar refractivity (Wildman–Crippen MR) is 69.7 cm³/mol. The molecule has 1 aliphatic heterocycles. The van der Waals surface area contributed by atoms with Gasteiger partial charge in [-0.15, -0.1) is 6.58 Å². The Balaban J connectivity index is 2.14. The molecule has 1 rings (SSSR count). The summed E-state index contributed by atoms with van der Waals surface area (Å²) in [5.74, 6) is 0. The van der Waals surface area contributed by atoms with Gasteiger partial charge in [0.1, 0.15) is 0 Å². The smallest absolute Gasteiger partial charge is 0.0594 e. The molecule has 0 N–H and O–H groups in total. The molecule has 16 heavy (non-hydrogen) atoms. The highest BCUT2D eigenvalue weighted by atomic mass is 16.5. The standard InChI is InChI=1S/C14H25NO/c1-13(2)6-4-5-7-14(3)12-15-8-10-16-11-9-15/h7H,1,4-6,8-12H2,2-3H3. The van der Waals surface area contributed by atoms with Crippen LogP contribution in [0.1, 0.15) is 33.1 Å². The van der Waals surface area contributed by atoms with Crippen molar-refractivity contribution >= 4 is 0 Å². The third-order valence-electron chi connectivity index (χ3n) is 2.88. The van der Waals surface area contributed by atoms with Gasteiger partial charge in [0.05, 0.1) is 13.2 Å². The van der Waals surface area contributed by atoms with Crippen LogP contribution < -0.4 is 0 Å². The van der Waals surface area contributed by atoms with Crippen LogP contribution in [0.5, 0.6) is 0 Å². The maximum absolute atomic E-state index is 5.34. The Bertz CT molecular complexity index is 239. The number of rotatable bonds is 6. The van der Waals surface area contributed by atoms with Gasteiger partial charge in [0.25, 0.3) is 0 Å². The Hall–Kier alpha value is -0.600. The number of hydrogen-bond acceptors (Lipinski definition) is 2. The summed E-state index contributed by atoms with van der Waals surface area (Å²) in [6, 6.07) is 0. The van der Waals surface area contributed by atoms with Crippen LogP contribution >= 0.6 is 0 Å². The van der Waals surface area contributed by atoms with Crippen LogP contribution in [0.3, 0.4) is 0 Å². The van der Waals surface area contributed by atoms with Gasteiger partial charge in [-0.05, 0) is 33.1 Å². The number of unbranched alkanes of at least 4 members (excludes halogenated alkanes) is 1. The first-order valence-corrected chi connectivity index (χ1v) is 6.28. The third-order valence-corrected chi connectivity index (χ3v) is 2.88. The van der Waals surface area contributed by atoms with Crippen LogP contribution in [0.2, 0.25) is 0 Å². The minimum atomic E-state index is 0.892. The number of morpholine rings is 1. The van der Waals surface area contributed by atoms with Gasteiger partial charge in [-0.2, -0.15) is 0 Å². The van der Waals surface area contributed by atoms with Crippen molar-refractivity contribution < 1.29 is 4.74 Å². The molecule has 1 aliphatic rings. The van der Waals surface area contributed by atoms with Gasteiger partial charge in [-0.3, -0.25) is 4.90 Å². The lowest BCUT2D eigenvalue weighted by molar-refractivity contribution is 0.0422. The molecule has 0 saturated carbocycles. The Morgan fingerprint density at radius 1 is 1.31 bits per heavy atom. The van der Waals surface area contributed by atoms with Gasteiger partial charge in [-0.1, -0.05) is 17.2 Å². The minimum Gasteiger partial charge on any atom is -0.379 e. The van der Waals surface area contributed by atoms with Gasteiger partial charge >= 0.3 is 0 Å². The molecule has 1 fully saturated rings. The van der Waals surface area contributed by atoms with E-state index in [-0.39, 0.29) is 0 Å². The van der Waals surface area contributed by atoms with E-state index in [0.717, 1.165) is 39.3 Å². The first-order chi connectivity index (χ1) is 7.68. The lowest BCUT2D eigenvalue weighted by atomic mass is 10.1. The zero-order chi connectivity index (χ0) is 11.8. The second-order valence-corrected chi connectivity index (χ2v) is 4.79. The van der Waals surface area contributed by atoms with Crippen molar-refractivity contribution in [2.45, 2.75) is 33.1 Å². The van der Waals surface area contributed by atoms with Crippen LogP contribution in [0.25, 0.3) is 0 Å². The quantitative estimate of drug-likeness (QED) is 0.507. The van der Waals surface area contributed by atoms with Gasteiger partial charge in [-0.25, -0.2) is 0 Å².